The molecule has 0 atom stereocenters. The van der Waals surface area contributed by atoms with Crippen LogP contribution >= 0.6 is 0 Å². The van der Waals surface area contributed by atoms with Crippen LogP contribution in [0.3, 0.4) is 0 Å². The number of carbonyl (C=O) groups excluding carboxylic acids is 1. The first-order chi connectivity index (χ1) is 14.4. The van der Waals surface area contributed by atoms with Crippen molar-refractivity contribution in [2.24, 2.45) is 0 Å². The first-order valence-electron chi connectivity index (χ1n) is 8.75. The van der Waals surface area contributed by atoms with Crippen molar-refractivity contribution in [3.05, 3.63) is 80.4 Å². The van der Waals surface area contributed by atoms with Gasteiger partial charge in [0.25, 0.3) is 11.2 Å². The van der Waals surface area contributed by atoms with Crippen molar-refractivity contribution in [2.75, 3.05) is 7.11 Å². The van der Waals surface area contributed by atoms with Gasteiger partial charge in [0.15, 0.2) is 5.65 Å². The fourth-order valence-electron chi connectivity index (χ4n) is 3.14. The Morgan fingerprint density at radius 2 is 2.10 bits per heavy atom. The third-order valence-corrected chi connectivity index (χ3v) is 4.56. The minimum absolute atomic E-state index is 0.0380. The molecule has 0 N–H and O–H groups in total. The molecule has 11 nitrogen and oxygen atoms in total. The number of fused-ring (bicyclic) bond motifs is 1. The number of furan rings is 1. The number of hydrogen-bond donors (Lipinski definition) is 0. The Hall–Kier alpha value is -4.28. The lowest BCUT2D eigenvalue weighted by molar-refractivity contribution is -0.384. The molecule has 152 valence electrons. The highest BCUT2D eigenvalue weighted by atomic mass is 16.6. The molecule has 1 aromatic carbocycles. The summed E-state index contributed by atoms with van der Waals surface area (Å²) >= 11 is 0. The summed E-state index contributed by atoms with van der Waals surface area (Å²) in [5.74, 6) is 0.222. The van der Waals surface area contributed by atoms with Gasteiger partial charge >= 0.3 is 5.97 Å². The lowest BCUT2D eigenvalue weighted by Crippen LogP contribution is -2.21. The lowest BCUT2D eigenvalue weighted by atomic mass is 10.2. The van der Waals surface area contributed by atoms with Crippen LogP contribution in [0.1, 0.15) is 21.9 Å². The minimum atomic E-state index is -0.533. The fourth-order valence-corrected chi connectivity index (χ4v) is 3.14. The van der Waals surface area contributed by atoms with Gasteiger partial charge in [0.2, 0.25) is 0 Å². The predicted molar refractivity (Wildman–Crippen MR) is 104 cm³/mol. The molecule has 3 heterocycles. The highest BCUT2D eigenvalue weighted by Crippen LogP contribution is 2.24. The van der Waals surface area contributed by atoms with Gasteiger partial charge in [-0.2, -0.15) is 5.10 Å². The number of carbonyl (C=O) groups is 1. The second-order valence-corrected chi connectivity index (χ2v) is 6.39. The minimum Gasteiger partial charge on any atom is -0.465 e. The summed E-state index contributed by atoms with van der Waals surface area (Å²) in [4.78, 5) is 39.7. The molecular formula is C19H15N5O6. The van der Waals surface area contributed by atoms with Crippen LogP contribution in [0.5, 0.6) is 0 Å². The molecule has 4 rings (SSSR count). The van der Waals surface area contributed by atoms with E-state index in [9.17, 15) is 19.7 Å². The Morgan fingerprint density at radius 3 is 2.83 bits per heavy atom. The number of methoxy groups -OCH3 is 1. The van der Waals surface area contributed by atoms with E-state index in [1.807, 2.05) is 0 Å². The molecule has 0 unspecified atom stereocenters. The number of rotatable bonds is 5. The van der Waals surface area contributed by atoms with Crippen molar-refractivity contribution in [2.45, 2.75) is 13.5 Å². The number of esters is 1. The van der Waals surface area contributed by atoms with Gasteiger partial charge in [-0.1, -0.05) is 12.1 Å². The largest absolute Gasteiger partial charge is 0.465 e. The molecule has 0 saturated carbocycles. The van der Waals surface area contributed by atoms with Crippen molar-refractivity contribution in [1.82, 2.24) is 19.3 Å². The van der Waals surface area contributed by atoms with Crippen LogP contribution < -0.4 is 5.56 Å². The molecule has 0 aliphatic carbocycles. The molecule has 0 aliphatic heterocycles. The van der Waals surface area contributed by atoms with Crippen LogP contribution in [0.2, 0.25) is 0 Å². The Morgan fingerprint density at radius 1 is 1.33 bits per heavy atom. The molecule has 0 amide bonds. The standard InChI is InChI=1S/C19H15N5O6/c1-11-13(19(26)29-2)7-12(30-11)9-22-10-20-17-14(18(22)25)8-21-23(17)15-5-3-4-6-16(15)24(27)28/h3-8,10H,9H2,1-2H3. The van der Waals surface area contributed by atoms with Crippen LogP contribution in [0.15, 0.2) is 52.1 Å². The van der Waals surface area contributed by atoms with Crippen molar-refractivity contribution in [3.8, 4) is 5.69 Å². The maximum Gasteiger partial charge on any atom is 0.341 e. The van der Waals surface area contributed by atoms with Crippen LogP contribution in [-0.4, -0.2) is 37.3 Å². The molecule has 11 heteroatoms. The third kappa shape index (κ3) is 3.11. The van der Waals surface area contributed by atoms with E-state index in [0.29, 0.717) is 11.5 Å². The van der Waals surface area contributed by atoms with E-state index >= 15 is 0 Å². The van der Waals surface area contributed by atoms with Crippen LogP contribution in [0, 0.1) is 17.0 Å². The Labute approximate surface area is 168 Å². The molecular weight excluding hydrogens is 394 g/mol. The monoisotopic (exact) mass is 409 g/mol. The zero-order chi connectivity index (χ0) is 21.4. The smallest absolute Gasteiger partial charge is 0.341 e. The SMILES string of the molecule is COC(=O)c1cc(Cn2cnc3c(cnn3-c3ccccc3[N+](=O)[O-])c2=O)oc1C. The highest BCUT2D eigenvalue weighted by Gasteiger charge is 2.20. The molecule has 0 fully saturated rings. The summed E-state index contributed by atoms with van der Waals surface area (Å²) in [5, 5.41) is 15.6. The molecule has 0 radical (unpaired) electrons. The molecule has 0 bridgehead atoms. The second-order valence-electron chi connectivity index (χ2n) is 6.39. The Bertz CT molecular complexity index is 1350. The van der Waals surface area contributed by atoms with E-state index in [1.54, 1.807) is 19.1 Å². The fraction of sp³-hybridized carbons (Fsp3) is 0.158. The molecule has 0 saturated heterocycles. The molecule has 0 spiro atoms. The summed E-state index contributed by atoms with van der Waals surface area (Å²) in [7, 11) is 1.27. The van der Waals surface area contributed by atoms with E-state index in [0.717, 1.165) is 0 Å². The van der Waals surface area contributed by atoms with Crippen LogP contribution in [0.25, 0.3) is 16.7 Å². The molecule has 3 aromatic heterocycles. The number of para-hydroxylation sites is 2. The summed E-state index contributed by atoms with van der Waals surface area (Å²) < 4.78 is 12.8. The average molecular weight is 409 g/mol. The number of aryl methyl sites for hydroxylation is 1. The topological polar surface area (TPSA) is 135 Å². The van der Waals surface area contributed by atoms with Gasteiger partial charge in [-0.15, -0.1) is 0 Å². The van der Waals surface area contributed by atoms with Gasteiger partial charge in [0.1, 0.15) is 34.5 Å². The first-order valence-corrected chi connectivity index (χ1v) is 8.75. The van der Waals surface area contributed by atoms with Gasteiger partial charge in [-0.25, -0.2) is 14.5 Å². The number of ether oxygens (including phenoxy) is 1. The van der Waals surface area contributed by atoms with Gasteiger partial charge in [-0.05, 0) is 19.1 Å². The number of benzene rings is 1. The number of nitrogens with zero attached hydrogens (tertiary/aromatic N) is 5. The van der Waals surface area contributed by atoms with E-state index in [-0.39, 0.29) is 34.5 Å². The quantitative estimate of drug-likeness (QED) is 0.278. The van der Waals surface area contributed by atoms with E-state index in [1.165, 1.54) is 47.1 Å². The number of nitro benzene ring substituents is 1. The van der Waals surface area contributed by atoms with Gasteiger partial charge in [0.05, 0.1) is 24.8 Å². The molecule has 0 aliphatic rings. The number of nitro groups is 1. The molecule has 30 heavy (non-hydrogen) atoms. The van der Waals surface area contributed by atoms with Crippen LogP contribution in [0.4, 0.5) is 5.69 Å². The van der Waals surface area contributed by atoms with Crippen molar-refractivity contribution in [1.29, 1.82) is 0 Å². The van der Waals surface area contributed by atoms with Gasteiger partial charge in [-0.3, -0.25) is 19.5 Å². The summed E-state index contributed by atoms with van der Waals surface area (Å²) in [6.45, 7) is 1.66. The Balaban J connectivity index is 1.75. The zero-order valence-electron chi connectivity index (χ0n) is 15.9. The third-order valence-electron chi connectivity index (χ3n) is 4.56. The van der Waals surface area contributed by atoms with E-state index in [2.05, 4.69) is 10.1 Å². The maximum atomic E-state index is 12.9. The van der Waals surface area contributed by atoms with Crippen LogP contribution in [-0.2, 0) is 11.3 Å². The highest BCUT2D eigenvalue weighted by molar-refractivity contribution is 5.90. The maximum absolute atomic E-state index is 12.9. The normalized spacial score (nSPS) is 11.0. The van der Waals surface area contributed by atoms with Crippen molar-refractivity contribution in [3.63, 3.8) is 0 Å². The number of hydrogen-bond acceptors (Lipinski definition) is 8. The van der Waals surface area contributed by atoms with Crippen molar-refractivity contribution < 1.29 is 18.9 Å². The van der Waals surface area contributed by atoms with E-state index in [4.69, 9.17) is 9.15 Å². The summed E-state index contributed by atoms with van der Waals surface area (Å²) in [5.41, 5.74) is 0.107. The average Bonchev–Trinajstić information content (AvgIpc) is 3.33. The Kier molecular flexibility index (Phi) is 4.62. The summed E-state index contributed by atoms with van der Waals surface area (Å²) in [6, 6.07) is 7.56. The summed E-state index contributed by atoms with van der Waals surface area (Å²) in [6.07, 6.45) is 2.61. The second kappa shape index (κ2) is 7.28. The first kappa shape index (κ1) is 19.1. The zero-order valence-corrected chi connectivity index (χ0v) is 15.9. The van der Waals surface area contributed by atoms with Crippen molar-refractivity contribution >= 4 is 22.7 Å². The van der Waals surface area contributed by atoms with Gasteiger partial charge < -0.3 is 9.15 Å². The molecule has 4 aromatic rings. The lowest BCUT2D eigenvalue weighted by Gasteiger charge is -2.05. The van der Waals surface area contributed by atoms with E-state index < -0.39 is 16.5 Å². The predicted octanol–water partition coefficient (Wildman–Crippen LogP) is 2.23. The van der Waals surface area contributed by atoms with Gasteiger partial charge in [0, 0.05) is 6.07 Å². The number of aromatic nitrogens is 4.